The van der Waals surface area contributed by atoms with E-state index in [0.717, 1.165) is 17.9 Å². The van der Waals surface area contributed by atoms with Crippen LogP contribution in [0.3, 0.4) is 0 Å². The van der Waals surface area contributed by atoms with Gasteiger partial charge in [-0.25, -0.2) is 0 Å². The standard InChI is InChI=1S/C15H24ClNS/c1-6-9-14(17-18(5)15(2,3)4)12-10-7-8-11-13(12)16/h7-8,10-11,14,17H,5-6,9H2,1-4H3/p+1. The molecule has 0 bridgehead atoms. The van der Waals surface area contributed by atoms with Gasteiger partial charge in [0.15, 0.2) is 0 Å². The first kappa shape index (κ1) is 15.7. The number of nitrogens with one attached hydrogen (secondary N) is 1. The molecule has 18 heavy (non-hydrogen) atoms. The lowest BCUT2D eigenvalue weighted by Crippen LogP contribution is -2.35. The zero-order valence-electron chi connectivity index (χ0n) is 11.8. The maximum atomic E-state index is 6.30. The van der Waals surface area contributed by atoms with Gasteiger partial charge in [0.05, 0.1) is 11.9 Å². The molecular weight excluding hydrogens is 262 g/mol. The molecule has 0 aliphatic carbocycles. The molecule has 0 radical (unpaired) electrons. The summed E-state index contributed by atoms with van der Waals surface area (Å²) in [5.41, 5.74) is 1.20. The Bertz CT molecular complexity index is 409. The maximum absolute atomic E-state index is 6.30. The summed E-state index contributed by atoms with van der Waals surface area (Å²) in [5.74, 6) is 4.30. The molecule has 0 heterocycles. The normalized spacial score (nSPS) is 15.4. The van der Waals surface area contributed by atoms with Crippen LogP contribution < -0.4 is 4.72 Å². The smallest absolute Gasteiger partial charge is 0.101 e. The van der Waals surface area contributed by atoms with E-state index in [1.807, 2.05) is 18.2 Å². The monoisotopic (exact) mass is 286 g/mol. The summed E-state index contributed by atoms with van der Waals surface area (Å²) in [7, 11) is -0.467. The van der Waals surface area contributed by atoms with Gasteiger partial charge in [0.2, 0.25) is 0 Å². The second-order valence-corrected chi connectivity index (χ2v) is 8.45. The summed E-state index contributed by atoms with van der Waals surface area (Å²) in [4.78, 5) is 0. The molecule has 2 atom stereocenters. The lowest BCUT2D eigenvalue weighted by atomic mass is 10.0. The summed E-state index contributed by atoms with van der Waals surface area (Å²) in [6, 6.07) is 8.41. The second-order valence-electron chi connectivity index (χ2n) is 5.59. The van der Waals surface area contributed by atoms with Gasteiger partial charge in [-0.3, -0.25) is 0 Å². The van der Waals surface area contributed by atoms with Crippen molar-refractivity contribution in [3.8, 4) is 0 Å². The van der Waals surface area contributed by atoms with Crippen LogP contribution in [0.15, 0.2) is 24.3 Å². The van der Waals surface area contributed by atoms with E-state index < -0.39 is 10.7 Å². The minimum absolute atomic E-state index is 0.211. The first-order valence-corrected chi connectivity index (χ1v) is 8.38. The summed E-state index contributed by atoms with van der Waals surface area (Å²) in [5, 5.41) is 0.848. The minimum Gasteiger partial charge on any atom is -0.169 e. The first-order valence-electron chi connectivity index (χ1n) is 6.47. The van der Waals surface area contributed by atoms with Crippen LogP contribution in [-0.2, 0) is 10.7 Å². The average molecular weight is 287 g/mol. The third kappa shape index (κ3) is 4.42. The van der Waals surface area contributed by atoms with Crippen LogP contribution in [0.4, 0.5) is 0 Å². The lowest BCUT2D eigenvalue weighted by molar-refractivity contribution is 0.594. The van der Waals surface area contributed by atoms with Crippen molar-refractivity contribution in [1.29, 1.82) is 0 Å². The number of benzene rings is 1. The Morgan fingerprint density at radius 1 is 1.33 bits per heavy atom. The highest BCUT2D eigenvalue weighted by Gasteiger charge is 2.24. The molecule has 0 amide bonds. The van der Waals surface area contributed by atoms with Crippen molar-refractivity contribution in [3.05, 3.63) is 34.9 Å². The number of halogens is 1. The summed E-state index contributed by atoms with van der Waals surface area (Å²) < 4.78 is 3.90. The fourth-order valence-corrected chi connectivity index (χ4v) is 3.02. The number of hydrogen-bond donors (Lipinski definition) is 1. The Morgan fingerprint density at radius 3 is 2.44 bits per heavy atom. The second kappa shape index (κ2) is 6.74. The number of hydrogen-bond acceptors (Lipinski definition) is 1. The lowest BCUT2D eigenvalue weighted by Gasteiger charge is -2.24. The third-order valence-corrected chi connectivity index (χ3v) is 5.57. The Labute approximate surface area is 119 Å². The van der Waals surface area contributed by atoms with Crippen molar-refractivity contribution in [2.45, 2.75) is 51.3 Å². The van der Waals surface area contributed by atoms with Crippen molar-refractivity contribution in [1.82, 2.24) is 4.72 Å². The first-order chi connectivity index (χ1) is 8.36. The van der Waals surface area contributed by atoms with E-state index in [9.17, 15) is 0 Å². The molecule has 3 heteroatoms. The van der Waals surface area contributed by atoms with Gasteiger partial charge < -0.3 is 0 Å². The third-order valence-electron chi connectivity index (χ3n) is 2.98. The zero-order valence-corrected chi connectivity index (χ0v) is 13.5. The van der Waals surface area contributed by atoms with Gasteiger partial charge >= 0.3 is 0 Å². The van der Waals surface area contributed by atoms with Crippen molar-refractivity contribution >= 4 is 28.1 Å². The van der Waals surface area contributed by atoms with Crippen molar-refractivity contribution in [2.24, 2.45) is 0 Å². The summed E-state index contributed by atoms with van der Waals surface area (Å²) in [6.07, 6.45) is 2.23. The Morgan fingerprint density at radius 2 is 1.94 bits per heavy atom. The van der Waals surface area contributed by atoms with Crippen LogP contribution in [0.25, 0.3) is 0 Å². The topological polar surface area (TPSA) is 12.0 Å². The largest absolute Gasteiger partial charge is 0.169 e. The van der Waals surface area contributed by atoms with Crippen LogP contribution in [0.5, 0.6) is 0 Å². The van der Waals surface area contributed by atoms with E-state index in [4.69, 9.17) is 11.6 Å². The van der Waals surface area contributed by atoms with Gasteiger partial charge in [-0.05, 0) is 38.8 Å². The van der Waals surface area contributed by atoms with Crippen LogP contribution in [0, 0.1) is 0 Å². The van der Waals surface area contributed by atoms with Gasteiger partial charge in [0.25, 0.3) is 0 Å². The fourth-order valence-electron chi connectivity index (χ4n) is 1.72. The average Bonchev–Trinajstić information content (AvgIpc) is 2.28. The molecule has 0 aliphatic rings. The molecule has 0 fully saturated rings. The molecule has 1 nitrogen and oxygen atoms in total. The molecule has 1 aromatic carbocycles. The van der Waals surface area contributed by atoms with Gasteiger partial charge in [-0.1, -0.05) is 53.8 Å². The summed E-state index contributed by atoms with van der Waals surface area (Å²) >= 11 is 6.30. The highest BCUT2D eigenvalue weighted by Crippen LogP contribution is 2.27. The molecular formula is C15H25ClNS+. The molecule has 1 rings (SSSR count). The van der Waals surface area contributed by atoms with Gasteiger partial charge in [-0.2, -0.15) is 4.72 Å². The molecule has 0 saturated heterocycles. The molecule has 0 aliphatic heterocycles. The number of thiol groups is 1. The van der Waals surface area contributed by atoms with Crippen molar-refractivity contribution in [2.75, 3.05) is 0 Å². The highest BCUT2D eigenvalue weighted by atomic mass is 35.5. The molecule has 0 saturated carbocycles. The van der Waals surface area contributed by atoms with E-state index in [-0.39, 0.29) is 4.75 Å². The molecule has 2 unspecified atom stereocenters. The van der Waals surface area contributed by atoms with Crippen LogP contribution in [0.2, 0.25) is 5.02 Å². The van der Waals surface area contributed by atoms with Crippen LogP contribution >= 0.6 is 11.6 Å². The van der Waals surface area contributed by atoms with Crippen molar-refractivity contribution in [3.63, 3.8) is 0 Å². The molecule has 102 valence electrons. The van der Waals surface area contributed by atoms with Crippen LogP contribution in [0.1, 0.15) is 52.1 Å². The molecule has 0 spiro atoms. The predicted molar refractivity (Wildman–Crippen MR) is 87.9 cm³/mol. The van der Waals surface area contributed by atoms with E-state index in [0.29, 0.717) is 6.04 Å². The Hall–Kier alpha value is -0.310. The highest BCUT2D eigenvalue weighted by molar-refractivity contribution is 7.93. The van der Waals surface area contributed by atoms with E-state index in [1.165, 1.54) is 5.56 Å². The van der Waals surface area contributed by atoms with E-state index in [1.54, 1.807) is 0 Å². The Balaban J connectivity index is 2.91. The van der Waals surface area contributed by atoms with Crippen molar-refractivity contribution < 1.29 is 0 Å². The fraction of sp³-hybridized carbons (Fsp3) is 0.533. The molecule has 1 N–H and O–H groups in total. The molecule has 0 aromatic heterocycles. The van der Waals surface area contributed by atoms with Gasteiger partial charge in [-0.15, -0.1) is 0 Å². The predicted octanol–water partition coefficient (Wildman–Crippen LogP) is 4.27. The van der Waals surface area contributed by atoms with Crippen LogP contribution in [-0.4, -0.2) is 10.6 Å². The number of rotatable bonds is 5. The van der Waals surface area contributed by atoms with E-state index in [2.05, 4.69) is 44.4 Å². The Kier molecular flexibility index (Phi) is 5.90. The SMILES string of the molecule is C=[SH+](NC(CCC)c1ccccc1Cl)C(C)(C)C. The van der Waals surface area contributed by atoms with Gasteiger partial charge in [0, 0.05) is 5.02 Å². The summed E-state index contributed by atoms with van der Waals surface area (Å²) in [6.45, 7) is 8.89. The quantitative estimate of drug-likeness (QED) is 0.484. The van der Waals surface area contributed by atoms with Gasteiger partial charge in [0.1, 0.15) is 4.75 Å². The maximum Gasteiger partial charge on any atom is 0.101 e. The van der Waals surface area contributed by atoms with E-state index >= 15 is 0 Å². The minimum atomic E-state index is -0.467. The zero-order chi connectivity index (χ0) is 13.8. The molecule has 1 aromatic rings.